The first-order valence-electron chi connectivity index (χ1n) is 3.30. The number of hydrogen-bond acceptors (Lipinski definition) is 4. The minimum atomic E-state index is 0.675. The third-order valence-electron chi connectivity index (χ3n) is 1.86. The summed E-state index contributed by atoms with van der Waals surface area (Å²) in [6.45, 7) is 1.89. The smallest absolute Gasteiger partial charge is 0.140 e. The van der Waals surface area contributed by atoms with E-state index in [0.29, 0.717) is 11.6 Å². The zero-order chi connectivity index (χ0) is 7.72. The number of nitrogens with zero attached hydrogens (tertiary/aromatic N) is 2. The van der Waals surface area contributed by atoms with Crippen LogP contribution in [0.25, 0.3) is 0 Å². The fraction of sp³-hybridized carbons (Fsp3) is 0.667. The molecule has 0 saturated carbocycles. The Morgan fingerprint density at radius 3 is 1.60 bits per heavy atom. The summed E-state index contributed by atoms with van der Waals surface area (Å²) in [6.07, 6.45) is 0. The molecule has 1 aliphatic heterocycles. The van der Waals surface area contributed by atoms with E-state index < -0.39 is 0 Å². The topological polar surface area (TPSA) is 58.5 Å². The Labute approximate surface area is 61.1 Å². The van der Waals surface area contributed by atoms with Crippen molar-refractivity contribution in [1.82, 2.24) is 9.80 Å². The van der Waals surface area contributed by atoms with Crippen LogP contribution in [0.3, 0.4) is 0 Å². The van der Waals surface area contributed by atoms with Crippen LogP contribution < -0.4 is 11.5 Å². The molecule has 10 heavy (non-hydrogen) atoms. The molecular formula is C6H14N4. The van der Waals surface area contributed by atoms with Crippen molar-refractivity contribution in [1.29, 1.82) is 0 Å². The lowest BCUT2D eigenvalue weighted by Gasteiger charge is -2.32. The first kappa shape index (κ1) is 7.05. The number of likely N-dealkylation sites (N-methyl/N-ethyl adjacent to an activating group) is 2. The van der Waals surface area contributed by atoms with Gasteiger partial charge in [0.2, 0.25) is 0 Å². The zero-order valence-electron chi connectivity index (χ0n) is 6.46. The first-order valence-corrected chi connectivity index (χ1v) is 3.30. The molecule has 0 spiro atoms. The summed E-state index contributed by atoms with van der Waals surface area (Å²) in [6, 6.07) is 0. The lowest BCUT2D eigenvalue weighted by molar-refractivity contribution is 0.271. The van der Waals surface area contributed by atoms with Crippen molar-refractivity contribution in [3.8, 4) is 0 Å². The van der Waals surface area contributed by atoms with Crippen molar-refractivity contribution in [3.05, 3.63) is 11.6 Å². The van der Waals surface area contributed by atoms with E-state index in [1.54, 1.807) is 0 Å². The fourth-order valence-electron chi connectivity index (χ4n) is 0.932. The van der Waals surface area contributed by atoms with E-state index in [1.165, 1.54) is 0 Å². The molecule has 0 aromatic carbocycles. The summed E-state index contributed by atoms with van der Waals surface area (Å²) in [5.74, 6) is 1.35. The largest absolute Gasteiger partial charge is 0.382 e. The van der Waals surface area contributed by atoms with Crippen LogP contribution in [-0.4, -0.2) is 37.0 Å². The zero-order valence-corrected chi connectivity index (χ0v) is 6.46. The van der Waals surface area contributed by atoms with Gasteiger partial charge >= 0.3 is 0 Å². The summed E-state index contributed by atoms with van der Waals surface area (Å²) >= 11 is 0. The lowest BCUT2D eigenvalue weighted by Crippen LogP contribution is -2.43. The molecule has 58 valence electrons. The van der Waals surface area contributed by atoms with E-state index in [-0.39, 0.29) is 0 Å². The maximum Gasteiger partial charge on any atom is 0.140 e. The van der Waals surface area contributed by atoms with Crippen LogP contribution in [-0.2, 0) is 0 Å². The van der Waals surface area contributed by atoms with Crippen LogP contribution in [0.4, 0.5) is 0 Å². The second-order valence-corrected chi connectivity index (χ2v) is 2.61. The van der Waals surface area contributed by atoms with Gasteiger partial charge in [-0.25, -0.2) is 0 Å². The summed E-state index contributed by atoms with van der Waals surface area (Å²) in [4.78, 5) is 3.91. The van der Waals surface area contributed by atoms with Crippen LogP contribution in [0.15, 0.2) is 11.6 Å². The summed E-state index contributed by atoms with van der Waals surface area (Å²) < 4.78 is 0. The fourth-order valence-corrected chi connectivity index (χ4v) is 0.932. The van der Waals surface area contributed by atoms with E-state index in [2.05, 4.69) is 0 Å². The molecule has 4 nitrogen and oxygen atoms in total. The van der Waals surface area contributed by atoms with Crippen LogP contribution >= 0.6 is 0 Å². The summed E-state index contributed by atoms with van der Waals surface area (Å²) in [7, 11) is 3.88. The van der Waals surface area contributed by atoms with Crippen molar-refractivity contribution in [3.63, 3.8) is 0 Å². The van der Waals surface area contributed by atoms with Crippen molar-refractivity contribution in [2.45, 2.75) is 0 Å². The highest BCUT2D eigenvalue weighted by atomic mass is 15.3. The molecule has 0 saturated heterocycles. The van der Waals surface area contributed by atoms with Crippen LogP contribution in [0.1, 0.15) is 0 Å². The van der Waals surface area contributed by atoms with Crippen molar-refractivity contribution >= 4 is 0 Å². The Balaban J connectivity index is 2.81. The monoisotopic (exact) mass is 142 g/mol. The summed E-state index contributed by atoms with van der Waals surface area (Å²) in [5.41, 5.74) is 11.3. The standard InChI is InChI=1S/C6H14N4/c1-9-3-4-10(2)6(8)5(9)7/h3-4,7-8H2,1-2H3. The Morgan fingerprint density at radius 1 is 1.00 bits per heavy atom. The van der Waals surface area contributed by atoms with Crippen molar-refractivity contribution in [2.75, 3.05) is 27.2 Å². The Bertz CT molecular complexity index is 145. The molecule has 0 unspecified atom stereocenters. The number of rotatable bonds is 0. The minimum Gasteiger partial charge on any atom is -0.382 e. The van der Waals surface area contributed by atoms with Gasteiger partial charge in [0, 0.05) is 27.2 Å². The summed E-state index contributed by atoms with van der Waals surface area (Å²) in [5, 5.41) is 0. The van der Waals surface area contributed by atoms with E-state index in [4.69, 9.17) is 11.5 Å². The van der Waals surface area contributed by atoms with Gasteiger partial charge in [-0.05, 0) is 0 Å². The molecule has 1 heterocycles. The molecule has 1 aliphatic rings. The van der Waals surface area contributed by atoms with Gasteiger partial charge in [-0.15, -0.1) is 0 Å². The third-order valence-corrected chi connectivity index (χ3v) is 1.86. The molecule has 0 amide bonds. The van der Waals surface area contributed by atoms with Crippen molar-refractivity contribution in [2.24, 2.45) is 11.5 Å². The predicted octanol–water partition coefficient (Wildman–Crippen LogP) is -1.09. The molecule has 0 aromatic rings. The van der Waals surface area contributed by atoms with Crippen LogP contribution in [0, 0.1) is 0 Å². The van der Waals surface area contributed by atoms with E-state index in [1.807, 2.05) is 23.9 Å². The molecule has 1 rings (SSSR count). The maximum atomic E-state index is 5.65. The average Bonchev–Trinajstić information content (AvgIpc) is 1.93. The SMILES string of the molecule is CN1CCN(C)C(N)=C1N. The molecule has 0 atom stereocenters. The first-order chi connectivity index (χ1) is 4.63. The highest BCUT2D eigenvalue weighted by molar-refractivity contribution is 5.07. The second kappa shape index (κ2) is 2.28. The Hall–Kier alpha value is -1.06. The number of hydrogen-bond donors (Lipinski definition) is 2. The van der Waals surface area contributed by atoms with Gasteiger partial charge in [-0.1, -0.05) is 0 Å². The van der Waals surface area contributed by atoms with Gasteiger partial charge in [0.25, 0.3) is 0 Å². The Kier molecular flexibility index (Phi) is 1.61. The molecule has 0 aromatic heterocycles. The van der Waals surface area contributed by atoms with E-state index >= 15 is 0 Å². The third kappa shape index (κ3) is 0.964. The molecule has 4 N–H and O–H groups in total. The molecule has 0 radical (unpaired) electrons. The van der Waals surface area contributed by atoms with Gasteiger partial charge in [-0.2, -0.15) is 0 Å². The normalized spacial score (nSPS) is 20.2. The highest BCUT2D eigenvalue weighted by Gasteiger charge is 2.14. The van der Waals surface area contributed by atoms with Gasteiger partial charge in [0.15, 0.2) is 0 Å². The molecule has 0 fully saturated rings. The maximum absolute atomic E-state index is 5.65. The average molecular weight is 142 g/mol. The molecular weight excluding hydrogens is 128 g/mol. The minimum absolute atomic E-state index is 0.675. The van der Waals surface area contributed by atoms with Gasteiger partial charge in [-0.3, -0.25) is 0 Å². The van der Waals surface area contributed by atoms with E-state index in [9.17, 15) is 0 Å². The van der Waals surface area contributed by atoms with Gasteiger partial charge in [0.05, 0.1) is 0 Å². The second-order valence-electron chi connectivity index (χ2n) is 2.61. The van der Waals surface area contributed by atoms with Crippen LogP contribution in [0.5, 0.6) is 0 Å². The Morgan fingerprint density at radius 2 is 1.30 bits per heavy atom. The molecule has 4 heteroatoms. The predicted molar refractivity (Wildman–Crippen MR) is 40.7 cm³/mol. The van der Waals surface area contributed by atoms with Gasteiger partial charge < -0.3 is 21.3 Å². The van der Waals surface area contributed by atoms with Crippen LogP contribution in [0.2, 0.25) is 0 Å². The lowest BCUT2D eigenvalue weighted by atomic mass is 10.4. The molecule has 0 aliphatic carbocycles. The molecule has 0 bridgehead atoms. The van der Waals surface area contributed by atoms with Crippen molar-refractivity contribution < 1.29 is 0 Å². The highest BCUT2D eigenvalue weighted by Crippen LogP contribution is 2.07. The quantitative estimate of drug-likeness (QED) is 0.451. The van der Waals surface area contributed by atoms with E-state index in [0.717, 1.165) is 13.1 Å². The van der Waals surface area contributed by atoms with Gasteiger partial charge in [0.1, 0.15) is 11.6 Å². The number of nitrogens with two attached hydrogens (primary N) is 2.